The van der Waals surface area contributed by atoms with Gasteiger partial charge >= 0.3 is 0 Å². The van der Waals surface area contributed by atoms with Crippen LogP contribution in [0.3, 0.4) is 0 Å². The van der Waals surface area contributed by atoms with E-state index in [-0.39, 0.29) is 0 Å². The molecule has 2 nitrogen and oxygen atoms in total. The van der Waals surface area contributed by atoms with E-state index >= 15 is 0 Å². The number of rotatable bonds is 7. The normalized spacial score (nSPS) is 18.6. The van der Waals surface area contributed by atoms with Crippen LogP contribution in [0.4, 0.5) is 0 Å². The Morgan fingerprint density at radius 1 is 1.50 bits per heavy atom. The molecule has 0 aromatic carbocycles. The number of nitrogens with zero attached hydrogens (tertiary/aromatic N) is 1. The van der Waals surface area contributed by atoms with Gasteiger partial charge in [0.1, 0.15) is 0 Å². The highest BCUT2D eigenvalue weighted by Gasteiger charge is 2.33. The molecular weight excluding hydrogens is 244 g/mol. The first-order valence-corrected chi connectivity index (χ1v) is 7.42. The van der Waals surface area contributed by atoms with Crippen molar-refractivity contribution in [2.45, 2.75) is 45.6 Å². The fourth-order valence-corrected chi connectivity index (χ4v) is 2.73. The third-order valence-electron chi connectivity index (χ3n) is 3.95. The van der Waals surface area contributed by atoms with Crippen molar-refractivity contribution in [1.29, 1.82) is 0 Å². The Morgan fingerprint density at radius 2 is 2.28 bits per heavy atom. The Bertz CT molecular complexity index is 377. The van der Waals surface area contributed by atoms with Crippen LogP contribution in [0, 0.1) is 11.8 Å². The second-order valence-electron chi connectivity index (χ2n) is 5.43. The van der Waals surface area contributed by atoms with Crippen molar-refractivity contribution in [1.82, 2.24) is 10.3 Å². The molecule has 0 bridgehead atoms. The summed E-state index contributed by atoms with van der Waals surface area (Å²) in [6, 6.07) is 2.58. The van der Waals surface area contributed by atoms with Crippen LogP contribution in [-0.2, 0) is 6.42 Å². The molecule has 0 aliphatic heterocycles. The van der Waals surface area contributed by atoms with E-state index in [2.05, 4.69) is 24.1 Å². The maximum absolute atomic E-state index is 6.21. The minimum atomic E-state index is 0.539. The average molecular weight is 267 g/mol. The van der Waals surface area contributed by atoms with E-state index in [1.165, 1.54) is 24.8 Å². The highest BCUT2D eigenvalue weighted by molar-refractivity contribution is 6.31. The van der Waals surface area contributed by atoms with Crippen LogP contribution in [0.5, 0.6) is 0 Å². The number of hydrogen-bond acceptors (Lipinski definition) is 2. The lowest BCUT2D eigenvalue weighted by Gasteiger charge is -2.25. The molecule has 1 saturated carbocycles. The van der Waals surface area contributed by atoms with Gasteiger partial charge in [-0.3, -0.25) is 4.98 Å². The summed E-state index contributed by atoms with van der Waals surface area (Å²) < 4.78 is 0. The van der Waals surface area contributed by atoms with Gasteiger partial charge in [-0.05, 0) is 55.7 Å². The summed E-state index contributed by atoms with van der Waals surface area (Å²) in [5.41, 5.74) is 1.22. The van der Waals surface area contributed by atoms with Gasteiger partial charge < -0.3 is 5.32 Å². The molecule has 1 aliphatic carbocycles. The first-order chi connectivity index (χ1) is 8.72. The van der Waals surface area contributed by atoms with Crippen molar-refractivity contribution in [2.75, 3.05) is 6.54 Å². The number of halogens is 1. The van der Waals surface area contributed by atoms with Gasteiger partial charge in [0.25, 0.3) is 0 Å². The third-order valence-corrected chi connectivity index (χ3v) is 4.29. The van der Waals surface area contributed by atoms with Crippen molar-refractivity contribution < 1.29 is 0 Å². The fraction of sp³-hybridized carbons (Fsp3) is 0.667. The van der Waals surface area contributed by atoms with Gasteiger partial charge in [-0.25, -0.2) is 0 Å². The monoisotopic (exact) mass is 266 g/mol. The Hall–Kier alpha value is -0.600. The molecule has 18 heavy (non-hydrogen) atoms. The Morgan fingerprint density at radius 3 is 2.89 bits per heavy atom. The van der Waals surface area contributed by atoms with E-state index < -0.39 is 0 Å². The molecule has 1 heterocycles. The summed E-state index contributed by atoms with van der Waals surface area (Å²) in [6.07, 6.45) is 8.57. The first-order valence-electron chi connectivity index (χ1n) is 7.04. The van der Waals surface area contributed by atoms with Crippen molar-refractivity contribution in [2.24, 2.45) is 11.8 Å². The number of hydrogen-bond donors (Lipinski definition) is 1. The second-order valence-corrected chi connectivity index (χ2v) is 5.84. The van der Waals surface area contributed by atoms with Crippen LogP contribution >= 0.6 is 11.6 Å². The highest BCUT2D eigenvalue weighted by Crippen LogP contribution is 2.39. The van der Waals surface area contributed by atoms with Gasteiger partial charge in [0.15, 0.2) is 0 Å². The molecule has 0 saturated heterocycles. The van der Waals surface area contributed by atoms with E-state index in [9.17, 15) is 0 Å². The van der Waals surface area contributed by atoms with Crippen molar-refractivity contribution in [3.63, 3.8) is 0 Å². The molecule has 2 atom stereocenters. The van der Waals surface area contributed by atoms with E-state index in [4.69, 9.17) is 11.6 Å². The summed E-state index contributed by atoms with van der Waals surface area (Å²) in [4.78, 5) is 4.05. The molecule has 2 rings (SSSR count). The smallest absolute Gasteiger partial charge is 0.0621 e. The predicted octanol–water partition coefficient (Wildman–Crippen LogP) is 3.69. The van der Waals surface area contributed by atoms with E-state index in [0.717, 1.165) is 29.8 Å². The van der Waals surface area contributed by atoms with Crippen molar-refractivity contribution in [3.8, 4) is 0 Å². The maximum atomic E-state index is 6.21. The molecule has 0 radical (unpaired) electrons. The maximum Gasteiger partial charge on any atom is 0.0621 e. The number of nitrogens with one attached hydrogen (secondary N) is 1. The standard InChI is InChI=1S/C15H23ClN2/c1-3-7-18-15(11(2)12-4-5-12)9-13-6-8-17-10-14(13)16/h6,8,10-12,15,18H,3-5,7,9H2,1-2H3. The first kappa shape index (κ1) is 13.8. The quantitative estimate of drug-likeness (QED) is 0.814. The molecule has 1 aromatic heterocycles. The predicted molar refractivity (Wildman–Crippen MR) is 76.9 cm³/mol. The lowest BCUT2D eigenvalue weighted by molar-refractivity contribution is 0.339. The van der Waals surface area contributed by atoms with Gasteiger partial charge in [0.2, 0.25) is 0 Å². The Kier molecular flexibility index (Phi) is 5.02. The van der Waals surface area contributed by atoms with Crippen molar-refractivity contribution in [3.05, 3.63) is 29.0 Å². The lowest BCUT2D eigenvalue weighted by atomic mass is 9.91. The summed E-state index contributed by atoms with van der Waals surface area (Å²) in [6.45, 7) is 5.68. The van der Waals surface area contributed by atoms with E-state index in [0.29, 0.717) is 6.04 Å². The third kappa shape index (κ3) is 3.69. The van der Waals surface area contributed by atoms with Gasteiger partial charge in [0, 0.05) is 18.4 Å². The molecule has 1 N–H and O–H groups in total. The van der Waals surface area contributed by atoms with Gasteiger partial charge in [-0.1, -0.05) is 25.4 Å². The topological polar surface area (TPSA) is 24.9 Å². The molecular formula is C15H23ClN2. The molecule has 1 aromatic rings. The summed E-state index contributed by atoms with van der Waals surface area (Å²) in [7, 11) is 0. The van der Waals surface area contributed by atoms with Crippen LogP contribution in [0.1, 0.15) is 38.7 Å². The Balaban J connectivity index is 2.01. The molecule has 100 valence electrons. The SMILES string of the molecule is CCCNC(Cc1ccncc1Cl)C(C)C1CC1. The van der Waals surface area contributed by atoms with Crippen LogP contribution in [0.2, 0.25) is 5.02 Å². The number of pyridine rings is 1. The summed E-state index contributed by atoms with van der Waals surface area (Å²) in [5.74, 6) is 1.65. The second kappa shape index (κ2) is 6.53. The summed E-state index contributed by atoms with van der Waals surface area (Å²) in [5, 5.41) is 4.48. The molecule has 1 fully saturated rings. The zero-order valence-corrected chi connectivity index (χ0v) is 12.1. The van der Waals surface area contributed by atoms with Gasteiger partial charge in [-0.15, -0.1) is 0 Å². The van der Waals surface area contributed by atoms with E-state index in [1.54, 1.807) is 6.20 Å². The number of aromatic nitrogens is 1. The van der Waals surface area contributed by atoms with Crippen LogP contribution in [0.25, 0.3) is 0 Å². The molecule has 1 aliphatic rings. The zero-order valence-electron chi connectivity index (χ0n) is 11.3. The fourth-order valence-electron chi connectivity index (χ4n) is 2.53. The summed E-state index contributed by atoms with van der Waals surface area (Å²) >= 11 is 6.21. The van der Waals surface area contributed by atoms with E-state index in [1.807, 2.05) is 12.3 Å². The van der Waals surface area contributed by atoms with Crippen LogP contribution in [-0.4, -0.2) is 17.6 Å². The minimum absolute atomic E-state index is 0.539. The van der Waals surface area contributed by atoms with Gasteiger partial charge in [-0.2, -0.15) is 0 Å². The highest BCUT2D eigenvalue weighted by atomic mass is 35.5. The average Bonchev–Trinajstić information content (AvgIpc) is 3.20. The van der Waals surface area contributed by atoms with Crippen LogP contribution in [0.15, 0.2) is 18.5 Å². The molecule has 0 amide bonds. The zero-order chi connectivity index (χ0) is 13.0. The van der Waals surface area contributed by atoms with Crippen molar-refractivity contribution >= 4 is 11.6 Å². The van der Waals surface area contributed by atoms with Gasteiger partial charge in [0.05, 0.1) is 5.02 Å². The van der Waals surface area contributed by atoms with Crippen LogP contribution < -0.4 is 5.32 Å². The molecule has 0 spiro atoms. The minimum Gasteiger partial charge on any atom is -0.313 e. The largest absolute Gasteiger partial charge is 0.313 e. The molecule has 3 heteroatoms. The molecule has 2 unspecified atom stereocenters. The lowest BCUT2D eigenvalue weighted by Crippen LogP contribution is -2.38. The Labute approximate surface area is 115 Å².